The molecule has 2 bridgehead atoms. The summed E-state index contributed by atoms with van der Waals surface area (Å²) in [6, 6.07) is 8.63. The van der Waals surface area contributed by atoms with Crippen LogP contribution in [-0.2, 0) is 26.0 Å². The zero-order valence-electron chi connectivity index (χ0n) is 22.0. The first-order valence-electron chi connectivity index (χ1n) is 12.9. The number of sulfonamides is 1. The van der Waals surface area contributed by atoms with Gasteiger partial charge in [-0.1, -0.05) is 12.1 Å². The van der Waals surface area contributed by atoms with Crippen LogP contribution in [0, 0.1) is 17.2 Å². The maximum Gasteiger partial charge on any atom is 0.411 e. The number of ether oxygens (including phenoxy) is 1. The van der Waals surface area contributed by atoms with Crippen molar-refractivity contribution in [2.45, 2.75) is 70.2 Å². The van der Waals surface area contributed by atoms with Crippen LogP contribution in [0.15, 0.2) is 24.3 Å². The molecular formula is C26H37N5O5S. The standard InChI is InChI=1S/C26H37N5O5S/c1-26(2,3)36-25(33)31-22-10-7-19(16-22)23(31)24(32)28-20(17-27)15-18-5-8-21(9-6-18)29-11-13-30(14-12-29)37(4,34)35/h5-6,8-9,19-20,22-23H,7,10-16H2,1-4H3,(H,28,32)/t19-,20-,22+,23-/m0/s1. The molecule has 0 radical (unpaired) electrons. The van der Waals surface area contributed by atoms with E-state index in [1.165, 1.54) is 10.6 Å². The van der Waals surface area contributed by atoms with Crippen molar-refractivity contribution in [1.82, 2.24) is 14.5 Å². The molecule has 0 aromatic heterocycles. The molecule has 0 spiro atoms. The summed E-state index contributed by atoms with van der Waals surface area (Å²) in [7, 11) is -3.18. The number of hydrogen-bond acceptors (Lipinski definition) is 7. The molecule has 3 aliphatic rings. The van der Waals surface area contributed by atoms with Crippen LogP contribution in [0.5, 0.6) is 0 Å². The number of piperidine rings is 1. The molecule has 1 saturated carbocycles. The van der Waals surface area contributed by atoms with Crippen molar-refractivity contribution in [3.63, 3.8) is 0 Å². The Morgan fingerprint density at radius 2 is 1.78 bits per heavy atom. The molecule has 2 aliphatic heterocycles. The number of nitriles is 1. The lowest BCUT2D eigenvalue weighted by Gasteiger charge is -2.36. The van der Waals surface area contributed by atoms with Crippen molar-refractivity contribution in [3.05, 3.63) is 29.8 Å². The highest BCUT2D eigenvalue weighted by Gasteiger charge is 2.52. The molecule has 1 aromatic rings. The van der Waals surface area contributed by atoms with Gasteiger partial charge in [0.1, 0.15) is 17.7 Å². The summed E-state index contributed by atoms with van der Waals surface area (Å²) in [5.74, 6) is -0.218. The lowest BCUT2D eigenvalue weighted by Crippen LogP contribution is -2.55. The Labute approximate surface area is 219 Å². The third-order valence-corrected chi connectivity index (χ3v) is 8.68. The van der Waals surface area contributed by atoms with E-state index in [1.54, 1.807) is 25.7 Å². The average molecular weight is 532 g/mol. The topological polar surface area (TPSA) is 123 Å². The van der Waals surface area contributed by atoms with E-state index in [-0.39, 0.29) is 17.9 Å². The lowest BCUT2D eigenvalue weighted by molar-refractivity contribution is -0.128. The van der Waals surface area contributed by atoms with E-state index in [2.05, 4.69) is 16.3 Å². The van der Waals surface area contributed by atoms with Crippen molar-refractivity contribution >= 4 is 27.7 Å². The van der Waals surface area contributed by atoms with Crippen molar-refractivity contribution < 1.29 is 22.7 Å². The second-order valence-electron chi connectivity index (χ2n) is 11.3. The van der Waals surface area contributed by atoms with Gasteiger partial charge in [-0.25, -0.2) is 13.2 Å². The van der Waals surface area contributed by atoms with Crippen LogP contribution >= 0.6 is 0 Å². The molecule has 202 valence electrons. The average Bonchev–Trinajstić information content (AvgIpc) is 3.44. The zero-order valence-corrected chi connectivity index (χ0v) is 22.8. The smallest absolute Gasteiger partial charge is 0.411 e. The number of carbonyl (C=O) groups is 2. The first-order chi connectivity index (χ1) is 17.4. The van der Waals surface area contributed by atoms with Crippen LogP contribution in [-0.4, -0.2) is 85.8 Å². The predicted molar refractivity (Wildman–Crippen MR) is 139 cm³/mol. The van der Waals surface area contributed by atoms with Crippen LogP contribution in [0.25, 0.3) is 0 Å². The van der Waals surface area contributed by atoms with Crippen LogP contribution in [0.3, 0.4) is 0 Å². The van der Waals surface area contributed by atoms with Gasteiger partial charge in [-0.3, -0.25) is 9.69 Å². The van der Waals surface area contributed by atoms with E-state index in [4.69, 9.17) is 4.74 Å². The van der Waals surface area contributed by atoms with Gasteiger partial charge in [-0.05, 0) is 63.6 Å². The first-order valence-corrected chi connectivity index (χ1v) is 14.7. The van der Waals surface area contributed by atoms with Crippen LogP contribution < -0.4 is 10.2 Å². The number of amides is 2. The molecule has 10 nitrogen and oxygen atoms in total. The summed E-state index contributed by atoms with van der Waals surface area (Å²) in [4.78, 5) is 29.9. The fourth-order valence-electron chi connectivity index (χ4n) is 5.65. The maximum absolute atomic E-state index is 13.3. The third kappa shape index (κ3) is 6.36. The molecule has 1 aromatic carbocycles. The van der Waals surface area contributed by atoms with Crippen molar-refractivity contribution in [3.8, 4) is 6.07 Å². The Balaban J connectivity index is 1.35. The minimum atomic E-state index is -3.18. The van der Waals surface area contributed by atoms with E-state index in [9.17, 15) is 23.3 Å². The Morgan fingerprint density at radius 3 is 2.35 bits per heavy atom. The van der Waals surface area contributed by atoms with Gasteiger partial charge in [0.15, 0.2) is 0 Å². The second kappa shape index (κ2) is 10.5. The normalized spacial score (nSPS) is 25.0. The van der Waals surface area contributed by atoms with Crippen molar-refractivity contribution in [1.29, 1.82) is 5.26 Å². The number of piperazine rings is 1. The Bertz CT molecular complexity index is 1150. The number of carbonyl (C=O) groups excluding carboxylic acids is 2. The van der Waals surface area contributed by atoms with Gasteiger partial charge in [0.05, 0.1) is 12.3 Å². The fourth-order valence-corrected chi connectivity index (χ4v) is 6.47. The van der Waals surface area contributed by atoms with Crippen LogP contribution in [0.1, 0.15) is 45.6 Å². The molecular weight excluding hydrogens is 494 g/mol. The molecule has 0 unspecified atom stereocenters. The molecule has 1 aliphatic carbocycles. The Kier molecular flexibility index (Phi) is 7.72. The van der Waals surface area contributed by atoms with Gasteiger partial charge in [0.25, 0.3) is 0 Å². The second-order valence-corrected chi connectivity index (χ2v) is 13.3. The Hall–Kier alpha value is -2.84. The summed E-state index contributed by atoms with van der Waals surface area (Å²) < 4.78 is 30.5. The number of anilines is 1. The van der Waals surface area contributed by atoms with Crippen molar-refractivity contribution in [2.75, 3.05) is 37.3 Å². The zero-order chi connectivity index (χ0) is 27.0. The summed E-state index contributed by atoms with van der Waals surface area (Å²) in [5.41, 5.74) is 1.24. The highest BCUT2D eigenvalue weighted by molar-refractivity contribution is 7.88. The summed E-state index contributed by atoms with van der Waals surface area (Å²) in [6.07, 6.45) is 3.64. The molecule has 2 saturated heterocycles. The van der Waals surface area contributed by atoms with Gasteiger partial charge in [0, 0.05) is 44.3 Å². The van der Waals surface area contributed by atoms with Gasteiger partial charge >= 0.3 is 6.09 Å². The monoisotopic (exact) mass is 531 g/mol. The number of nitrogens with zero attached hydrogens (tertiary/aromatic N) is 4. The van der Waals surface area contributed by atoms with E-state index >= 15 is 0 Å². The van der Waals surface area contributed by atoms with Gasteiger partial charge < -0.3 is 15.0 Å². The molecule has 4 atom stereocenters. The molecule has 11 heteroatoms. The summed E-state index contributed by atoms with van der Waals surface area (Å²) in [6.45, 7) is 7.55. The summed E-state index contributed by atoms with van der Waals surface area (Å²) >= 11 is 0. The fraction of sp³-hybridized carbons (Fsp3) is 0.654. The summed E-state index contributed by atoms with van der Waals surface area (Å²) in [5, 5.41) is 12.6. The van der Waals surface area contributed by atoms with E-state index < -0.39 is 33.8 Å². The Morgan fingerprint density at radius 1 is 1.14 bits per heavy atom. The van der Waals surface area contributed by atoms with Gasteiger partial charge in [0.2, 0.25) is 15.9 Å². The number of benzene rings is 1. The molecule has 3 fully saturated rings. The minimum absolute atomic E-state index is 0.00276. The minimum Gasteiger partial charge on any atom is -0.444 e. The molecule has 2 heterocycles. The predicted octanol–water partition coefficient (Wildman–Crippen LogP) is 2.11. The molecule has 1 N–H and O–H groups in total. The number of fused-ring (bicyclic) bond motifs is 2. The first kappa shape index (κ1) is 27.2. The van der Waals surface area contributed by atoms with Crippen LogP contribution in [0.2, 0.25) is 0 Å². The number of nitrogens with one attached hydrogen (secondary N) is 1. The number of likely N-dealkylation sites (tertiary alicyclic amines) is 1. The van der Waals surface area contributed by atoms with E-state index in [0.717, 1.165) is 30.5 Å². The lowest BCUT2D eigenvalue weighted by atomic mass is 9.97. The van der Waals surface area contributed by atoms with E-state index in [0.29, 0.717) is 32.6 Å². The number of rotatable bonds is 6. The van der Waals surface area contributed by atoms with Crippen LogP contribution in [0.4, 0.5) is 10.5 Å². The highest BCUT2D eigenvalue weighted by Crippen LogP contribution is 2.43. The molecule has 2 amide bonds. The highest BCUT2D eigenvalue weighted by atomic mass is 32.2. The van der Waals surface area contributed by atoms with E-state index in [1.807, 2.05) is 24.3 Å². The SMILES string of the molecule is CC(C)(C)OC(=O)N1[C@@H]2CC[C@@H](C2)[C@H]1C(=O)N[C@H](C#N)Cc1ccc(N2CCN(S(C)(=O)=O)CC2)cc1. The number of hydrogen-bond donors (Lipinski definition) is 1. The largest absolute Gasteiger partial charge is 0.444 e. The van der Waals surface area contributed by atoms with Gasteiger partial charge in [-0.2, -0.15) is 9.57 Å². The maximum atomic E-state index is 13.3. The molecule has 37 heavy (non-hydrogen) atoms. The molecule has 4 rings (SSSR count). The third-order valence-electron chi connectivity index (χ3n) is 7.38. The quantitative estimate of drug-likeness (QED) is 0.596. The van der Waals surface area contributed by atoms with Crippen molar-refractivity contribution in [2.24, 2.45) is 5.92 Å². The van der Waals surface area contributed by atoms with Gasteiger partial charge in [-0.15, -0.1) is 0 Å².